The lowest BCUT2D eigenvalue weighted by Crippen LogP contribution is -1.97. The lowest BCUT2D eigenvalue weighted by atomic mass is 10.3. The number of hydrogen-bond acceptors (Lipinski definition) is 2. The van der Waals surface area contributed by atoms with Crippen molar-refractivity contribution < 1.29 is 4.74 Å². The van der Waals surface area contributed by atoms with E-state index in [1.807, 2.05) is 24.3 Å². The van der Waals surface area contributed by atoms with Gasteiger partial charge < -0.3 is 10.1 Å². The highest BCUT2D eigenvalue weighted by Crippen LogP contribution is 2.16. The van der Waals surface area contributed by atoms with Crippen LogP contribution in [-0.4, -0.2) is 13.2 Å². The molecule has 1 aromatic carbocycles. The molecule has 0 spiro atoms. The van der Waals surface area contributed by atoms with Crippen LogP contribution in [0.15, 0.2) is 36.9 Å². The summed E-state index contributed by atoms with van der Waals surface area (Å²) in [5.41, 5.74) is 1.09. The first-order chi connectivity index (χ1) is 6.36. The molecule has 1 aromatic rings. The molecule has 13 heavy (non-hydrogen) atoms. The summed E-state index contributed by atoms with van der Waals surface area (Å²) in [4.78, 5) is 0. The summed E-state index contributed by atoms with van der Waals surface area (Å²) < 4.78 is 5.38. The minimum atomic E-state index is 0.551. The Morgan fingerprint density at radius 2 is 2.38 bits per heavy atom. The Kier molecular flexibility index (Phi) is 3.89. The van der Waals surface area contributed by atoms with E-state index >= 15 is 0 Å². The molecule has 0 saturated heterocycles. The average Bonchev–Trinajstić information content (AvgIpc) is 2.16. The van der Waals surface area contributed by atoms with Gasteiger partial charge in [0.15, 0.2) is 0 Å². The average molecular weight is 177 g/mol. The molecule has 70 valence electrons. The molecule has 0 aromatic heterocycles. The molecule has 0 unspecified atom stereocenters. The molecule has 2 nitrogen and oxygen atoms in total. The van der Waals surface area contributed by atoms with Crippen LogP contribution in [0.1, 0.15) is 6.92 Å². The largest absolute Gasteiger partial charge is 0.489 e. The van der Waals surface area contributed by atoms with Gasteiger partial charge in [0, 0.05) is 18.3 Å². The van der Waals surface area contributed by atoms with Gasteiger partial charge in [-0.3, -0.25) is 0 Å². The van der Waals surface area contributed by atoms with Crippen LogP contribution in [0.25, 0.3) is 0 Å². The van der Waals surface area contributed by atoms with Crippen molar-refractivity contribution in [3.05, 3.63) is 36.9 Å². The third-order valence-electron chi connectivity index (χ3n) is 1.58. The van der Waals surface area contributed by atoms with Crippen molar-refractivity contribution in [3.63, 3.8) is 0 Å². The molecule has 0 aliphatic rings. The van der Waals surface area contributed by atoms with Crippen molar-refractivity contribution >= 4 is 5.69 Å². The number of ether oxygens (including phenoxy) is 1. The fourth-order valence-electron chi connectivity index (χ4n) is 1.06. The molecule has 0 aliphatic heterocycles. The van der Waals surface area contributed by atoms with Crippen LogP contribution in [0.4, 0.5) is 5.69 Å². The van der Waals surface area contributed by atoms with Gasteiger partial charge in [-0.2, -0.15) is 0 Å². The second-order valence-electron chi connectivity index (χ2n) is 2.66. The van der Waals surface area contributed by atoms with Gasteiger partial charge in [0.05, 0.1) is 0 Å². The smallest absolute Gasteiger partial charge is 0.121 e. The maximum Gasteiger partial charge on any atom is 0.121 e. The zero-order valence-electron chi connectivity index (χ0n) is 7.92. The summed E-state index contributed by atoms with van der Waals surface area (Å²) in [6.45, 7) is 7.13. The Balaban J connectivity index is 2.61. The summed E-state index contributed by atoms with van der Waals surface area (Å²) in [7, 11) is 0. The third-order valence-corrected chi connectivity index (χ3v) is 1.58. The summed E-state index contributed by atoms with van der Waals surface area (Å²) >= 11 is 0. The Hall–Kier alpha value is -1.44. The normalized spacial score (nSPS) is 9.31. The molecule has 0 heterocycles. The van der Waals surface area contributed by atoms with Crippen molar-refractivity contribution in [2.75, 3.05) is 18.5 Å². The standard InChI is InChI=1S/C11H15NO/c1-3-8-13-11-7-5-6-10(9-11)12-4-2/h3,5-7,9,12H,1,4,8H2,2H3. The second-order valence-corrected chi connectivity index (χ2v) is 2.66. The van der Waals surface area contributed by atoms with E-state index in [9.17, 15) is 0 Å². The number of nitrogens with one attached hydrogen (secondary N) is 1. The van der Waals surface area contributed by atoms with Gasteiger partial charge in [-0.1, -0.05) is 18.7 Å². The van der Waals surface area contributed by atoms with E-state index in [4.69, 9.17) is 4.74 Å². The molecule has 0 saturated carbocycles. The first-order valence-corrected chi connectivity index (χ1v) is 4.44. The van der Waals surface area contributed by atoms with Crippen molar-refractivity contribution in [2.24, 2.45) is 0 Å². The van der Waals surface area contributed by atoms with Gasteiger partial charge in [0.2, 0.25) is 0 Å². The summed E-state index contributed by atoms with van der Waals surface area (Å²) in [5, 5.41) is 3.22. The van der Waals surface area contributed by atoms with Crippen LogP contribution in [0.5, 0.6) is 5.75 Å². The Labute approximate surface area is 79.2 Å². The van der Waals surface area contributed by atoms with Crippen LogP contribution < -0.4 is 10.1 Å². The number of benzene rings is 1. The van der Waals surface area contributed by atoms with E-state index in [-0.39, 0.29) is 0 Å². The van der Waals surface area contributed by atoms with Gasteiger partial charge in [0.1, 0.15) is 12.4 Å². The summed E-state index contributed by atoms with van der Waals surface area (Å²) in [6, 6.07) is 7.90. The van der Waals surface area contributed by atoms with Gasteiger partial charge in [-0.05, 0) is 19.1 Å². The van der Waals surface area contributed by atoms with E-state index < -0.39 is 0 Å². The van der Waals surface area contributed by atoms with Crippen LogP contribution in [0.2, 0.25) is 0 Å². The van der Waals surface area contributed by atoms with E-state index in [0.29, 0.717) is 6.61 Å². The Morgan fingerprint density at radius 1 is 1.54 bits per heavy atom. The zero-order valence-corrected chi connectivity index (χ0v) is 7.92. The van der Waals surface area contributed by atoms with Crippen LogP contribution in [-0.2, 0) is 0 Å². The Bertz CT molecular complexity index is 271. The topological polar surface area (TPSA) is 21.3 Å². The fourth-order valence-corrected chi connectivity index (χ4v) is 1.06. The summed E-state index contributed by atoms with van der Waals surface area (Å²) in [5.74, 6) is 0.873. The monoisotopic (exact) mass is 177 g/mol. The van der Waals surface area contributed by atoms with Crippen molar-refractivity contribution in [1.82, 2.24) is 0 Å². The molecular formula is C11H15NO. The molecule has 1 N–H and O–H groups in total. The maximum absolute atomic E-state index is 5.38. The molecule has 1 rings (SSSR count). The second kappa shape index (κ2) is 5.25. The van der Waals surface area contributed by atoms with Gasteiger partial charge in [0.25, 0.3) is 0 Å². The minimum absolute atomic E-state index is 0.551. The van der Waals surface area contributed by atoms with Crippen molar-refractivity contribution in [1.29, 1.82) is 0 Å². The highest BCUT2D eigenvalue weighted by atomic mass is 16.5. The number of hydrogen-bond donors (Lipinski definition) is 1. The van der Waals surface area contributed by atoms with E-state index in [0.717, 1.165) is 18.0 Å². The summed E-state index contributed by atoms with van der Waals surface area (Å²) in [6.07, 6.45) is 1.74. The quantitative estimate of drug-likeness (QED) is 0.698. The van der Waals surface area contributed by atoms with Crippen molar-refractivity contribution in [2.45, 2.75) is 6.92 Å². The minimum Gasteiger partial charge on any atom is -0.489 e. The lowest BCUT2D eigenvalue weighted by Gasteiger charge is -2.06. The highest BCUT2D eigenvalue weighted by Gasteiger charge is 1.93. The van der Waals surface area contributed by atoms with Crippen LogP contribution >= 0.6 is 0 Å². The fraction of sp³-hybridized carbons (Fsp3) is 0.273. The Morgan fingerprint density at radius 3 is 3.08 bits per heavy atom. The number of anilines is 1. The zero-order chi connectivity index (χ0) is 9.52. The van der Waals surface area contributed by atoms with Crippen LogP contribution in [0, 0.1) is 0 Å². The predicted octanol–water partition coefficient (Wildman–Crippen LogP) is 2.68. The van der Waals surface area contributed by atoms with Gasteiger partial charge in [-0.25, -0.2) is 0 Å². The number of rotatable bonds is 5. The maximum atomic E-state index is 5.38. The first-order valence-electron chi connectivity index (χ1n) is 4.44. The van der Waals surface area contributed by atoms with Crippen LogP contribution in [0.3, 0.4) is 0 Å². The van der Waals surface area contributed by atoms with Gasteiger partial charge in [-0.15, -0.1) is 0 Å². The molecule has 2 heteroatoms. The molecule has 0 fully saturated rings. The lowest BCUT2D eigenvalue weighted by molar-refractivity contribution is 0.363. The van der Waals surface area contributed by atoms with E-state index in [2.05, 4.69) is 18.8 Å². The third kappa shape index (κ3) is 3.20. The molecule has 0 aliphatic carbocycles. The highest BCUT2D eigenvalue weighted by molar-refractivity contribution is 5.47. The molecular weight excluding hydrogens is 162 g/mol. The van der Waals surface area contributed by atoms with E-state index in [1.165, 1.54) is 0 Å². The van der Waals surface area contributed by atoms with E-state index in [1.54, 1.807) is 6.08 Å². The molecule has 0 bridgehead atoms. The van der Waals surface area contributed by atoms with Gasteiger partial charge >= 0.3 is 0 Å². The predicted molar refractivity (Wildman–Crippen MR) is 56.3 cm³/mol. The van der Waals surface area contributed by atoms with Crippen molar-refractivity contribution in [3.8, 4) is 5.75 Å². The molecule has 0 atom stereocenters. The first kappa shape index (κ1) is 9.65. The SMILES string of the molecule is C=CCOc1cccc(NCC)c1. The molecule has 0 amide bonds. The molecule has 0 radical (unpaired) electrons.